The van der Waals surface area contributed by atoms with Crippen LogP contribution in [0, 0.1) is 10.1 Å². The molecule has 0 amide bonds. The van der Waals surface area contributed by atoms with Gasteiger partial charge in [0, 0.05) is 11.8 Å². The van der Waals surface area contributed by atoms with Crippen LogP contribution < -0.4 is 0 Å². The molecule has 0 aliphatic carbocycles. The molecular formula is C8H13N3O2S. The van der Waals surface area contributed by atoms with Crippen LogP contribution in [0.2, 0.25) is 0 Å². The maximum absolute atomic E-state index is 10.7. The maximum Gasteiger partial charge on any atom is 0.320 e. The van der Waals surface area contributed by atoms with E-state index < -0.39 is 0 Å². The standard InChI is InChI=1S/C8H13N3O2S/c1-4-10-5-7(11(12)13)8(9-10)14-6(2)3/h5-6H,4H2,1-3H3. The molecule has 5 nitrogen and oxygen atoms in total. The van der Waals surface area contributed by atoms with E-state index in [-0.39, 0.29) is 10.6 Å². The van der Waals surface area contributed by atoms with E-state index in [0.717, 1.165) is 0 Å². The van der Waals surface area contributed by atoms with Crippen LogP contribution in [0.15, 0.2) is 11.2 Å². The number of nitro groups is 1. The van der Waals surface area contributed by atoms with Crippen LogP contribution >= 0.6 is 11.8 Å². The van der Waals surface area contributed by atoms with Gasteiger partial charge < -0.3 is 0 Å². The summed E-state index contributed by atoms with van der Waals surface area (Å²) < 4.78 is 1.59. The van der Waals surface area contributed by atoms with Crippen LogP contribution in [0.1, 0.15) is 20.8 Å². The van der Waals surface area contributed by atoms with Crippen molar-refractivity contribution < 1.29 is 4.92 Å². The fraction of sp³-hybridized carbons (Fsp3) is 0.625. The molecule has 0 aromatic carbocycles. The van der Waals surface area contributed by atoms with Crippen LogP contribution in [0.25, 0.3) is 0 Å². The van der Waals surface area contributed by atoms with Crippen molar-refractivity contribution in [3.63, 3.8) is 0 Å². The minimum absolute atomic E-state index is 0.102. The number of nitrogens with zero attached hydrogens (tertiary/aromatic N) is 3. The quantitative estimate of drug-likeness (QED) is 0.439. The fourth-order valence-electron chi connectivity index (χ4n) is 0.988. The summed E-state index contributed by atoms with van der Waals surface area (Å²) in [6.45, 7) is 6.53. The van der Waals surface area contributed by atoms with Crippen molar-refractivity contribution in [3.05, 3.63) is 16.3 Å². The number of hydrogen-bond acceptors (Lipinski definition) is 4. The molecule has 1 heterocycles. The van der Waals surface area contributed by atoms with Crippen LogP contribution in [0.3, 0.4) is 0 Å². The molecule has 1 aromatic rings. The van der Waals surface area contributed by atoms with E-state index in [2.05, 4.69) is 5.10 Å². The highest BCUT2D eigenvalue weighted by Crippen LogP contribution is 2.30. The fourth-order valence-corrected chi connectivity index (χ4v) is 1.83. The number of aromatic nitrogens is 2. The molecule has 0 spiro atoms. The van der Waals surface area contributed by atoms with Gasteiger partial charge in [0.25, 0.3) is 0 Å². The molecular weight excluding hydrogens is 202 g/mol. The Labute approximate surface area is 86.6 Å². The molecule has 0 radical (unpaired) electrons. The predicted octanol–water partition coefficient (Wildman–Crippen LogP) is 2.31. The molecule has 14 heavy (non-hydrogen) atoms. The van der Waals surface area contributed by atoms with Crippen molar-refractivity contribution in [2.24, 2.45) is 0 Å². The summed E-state index contributed by atoms with van der Waals surface area (Å²) in [5, 5.41) is 15.6. The van der Waals surface area contributed by atoms with Crippen molar-refractivity contribution in [1.29, 1.82) is 0 Å². The van der Waals surface area contributed by atoms with Crippen molar-refractivity contribution in [3.8, 4) is 0 Å². The van der Waals surface area contributed by atoms with Crippen molar-refractivity contribution in [2.45, 2.75) is 37.6 Å². The second-order valence-electron chi connectivity index (χ2n) is 3.10. The number of thioether (sulfide) groups is 1. The van der Waals surface area contributed by atoms with E-state index in [1.54, 1.807) is 4.68 Å². The molecule has 0 N–H and O–H groups in total. The van der Waals surface area contributed by atoms with Crippen LogP contribution in [0.5, 0.6) is 0 Å². The van der Waals surface area contributed by atoms with E-state index in [1.807, 2.05) is 20.8 Å². The zero-order valence-corrected chi connectivity index (χ0v) is 9.24. The molecule has 1 aromatic heterocycles. The van der Waals surface area contributed by atoms with Gasteiger partial charge in [-0.15, -0.1) is 0 Å². The third kappa shape index (κ3) is 2.47. The largest absolute Gasteiger partial charge is 0.320 e. The lowest BCUT2D eigenvalue weighted by Gasteiger charge is -1.99. The Hall–Kier alpha value is -1.04. The monoisotopic (exact) mass is 215 g/mol. The van der Waals surface area contributed by atoms with E-state index in [4.69, 9.17) is 0 Å². The van der Waals surface area contributed by atoms with E-state index in [0.29, 0.717) is 16.8 Å². The molecule has 0 saturated heterocycles. The van der Waals surface area contributed by atoms with Gasteiger partial charge in [0.05, 0.1) is 4.92 Å². The minimum atomic E-state index is -0.385. The van der Waals surface area contributed by atoms with Gasteiger partial charge in [0.2, 0.25) is 0 Å². The summed E-state index contributed by atoms with van der Waals surface area (Å²) in [4.78, 5) is 10.3. The Morgan fingerprint density at radius 1 is 1.71 bits per heavy atom. The highest BCUT2D eigenvalue weighted by atomic mass is 32.2. The maximum atomic E-state index is 10.7. The molecule has 6 heteroatoms. The molecule has 0 fully saturated rings. The molecule has 0 bridgehead atoms. The zero-order chi connectivity index (χ0) is 10.7. The lowest BCUT2D eigenvalue weighted by molar-refractivity contribution is -0.387. The lowest BCUT2D eigenvalue weighted by Crippen LogP contribution is -1.94. The Bertz CT molecular complexity index is 335. The van der Waals surface area contributed by atoms with Crippen LogP contribution in [0.4, 0.5) is 5.69 Å². The number of rotatable bonds is 4. The SMILES string of the molecule is CCn1cc([N+](=O)[O-])c(SC(C)C)n1. The van der Waals surface area contributed by atoms with Gasteiger partial charge in [-0.2, -0.15) is 5.10 Å². The molecule has 0 atom stereocenters. The number of aryl methyl sites for hydroxylation is 1. The zero-order valence-electron chi connectivity index (χ0n) is 8.43. The Morgan fingerprint density at radius 3 is 2.79 bits per heavy atom. The Kier molecular flexibility index (Phi) is 3.51. The van der Waals surface area contributed by atoms with Gasteiger partial charge in [-0.3, -0.25) is 14.8 Å². The topological polar surface area (TPSA) is 61.0 Å². The predicted molar refractivity (Wildman–Crippen MR) is 55.5 cm³/mol. The molecule has 0 aliphatic heterocycles. The Morgan fingerprint density at radius 2 is 2.36 bits per heavy atom. The van der Waals surface area contributed by atoms with Crippen molar-refractivity contribution >= 4 is 17.4 Å². The van der Waals surface area contributed by atoms with Crippen LogP contribution in [-0.4, -0.2) is 20.0 Å². The minimum Gasteiger partial charge on any atom is -0.265 e. The van der Waals surface area contributed by atoms with Gasteiger partial charge in [-0.25, -0.2) is 0 Å². The summed E-state index contributed by atoms with van der Waals surface area (Å²) in [5.74, 6) is 0. The summed E-state index contributed by atoms with van der Waals surface area (Å²) in [5.41, 5.74) is 0.102. The van der Waals surface area contributed by atoms with Gasteiger partial charge in [-0.1, -0.05) is 25.6 Å². The summed E-state index contributed by atoms with van der Waals surface area (Å²) >= 11 is 1.42. The first-order valence-electron chi connectivity index (χ1n) is 4.43. The first-order valence-corrected chi connectivity index (χ1v) is 5.31. The normalized spacial score (nSPS) is 10.9. The molecule has 0 unspecified atom stereocenters. The first-order chi connectivity index (χ1) is 6.54. The molecule has 0 saturated carbocycles. The van der Waals surface area contributed by atoms with Gasteiger partial charge in [0.1, 0.15) is 6.20 Å². The van der Waals surface area contributed by atoms with E-state index >= 15 is 0 Å². The smallest absolute Gasteiger partial charge is 0.265 e. The van der Waals surface area contributed by atoms with E-state index in [1.165, 1.54) is 18.0 Å². The molecule has 1 rings (SSSR count). The lowest BCUT2D eigenvalue weighted by atomic mass is 10.6. The van der Waals surface area contributed by atoms with E-state index in [9.17, 15) is 10.1 Å². The molecule has 78 valence electrons. The third-order valence-corrected chi connectivity index (χ3v) is 2.56. The van der Waals surface area contributed by atoms with Crippen molar-refractivity contribution in [2.75, 3.05) is 0 Å². The highest BCUT2D eigenvalue weighted by molar-refractivity contribution is 7.99. The summed E-state index contributed by atoms with van der Waals surface area (Å²) in [7, 11) is 0. The van der Waals surface area contributed by atoms with Crippen LogP contribution in [-0.2, 0) is 6.54 Å². The average Bonchev–Trinajstić information content (AvgIpc) is 2.46. The number of hydrogen-bond donors (Lipinski definition) is 0. The van der Waals surface area contributed by atoms with Gasteiger partial charge in [0.15, 0.2) is 5.03 Å². The molecule has 0 aliphatic rings. The van der Waals surface area contributed by atoms with Gasteiger partial charge in [-0.05, 0) is 6.92 Å². The third-order valence-electron chi connectivity index (χ3n) is 1.58. The summed E-state index contributed by atoms with van der Waals surface area (Å²) in [6, 6.07) is 0. The summed E-state index contributed by atoms with van der Waals surface area (Å²) in [6.07, 6.45) is 1.48. The first kappa shape index (κ1) is 11.0. The second kappa shape index (κ2) is 4.45. The highest BCUT2D eigenvalue weighted by Gasteiger charge is 2.20. The van der Waals surface area contributed by atoms with Gasteiger partial charge >= 0.3 is 5.69 Å². The second-order valence-corrected chi connectivity index (χ2v) is 4.66. The Balaban J connectivity index is 2.99. The average molecular weight is 215 g/mol. The van der Waals surface area contributed by atoms with Crippen molar-refractivity contribution in [1.82, 2.24) is 9.78 Å².